The van der Waals surface area contributed by atoms with E-state index in [4.69, 9.17) is 12.2 Å². The van der Waals surface area contributed by atoms with Crippen molar-refractivity contribution >= 4 is 52.1 Å². The van der Waals surface area contributed by atoms with E-state index in [2.05, 4.69) is 22.9 Å². The molecular formula is C30H29N3OS2. The lowest BCUT2D eigenvalue weighted by Crippen LogP contribution is -2.20. The fourth-order valence-corrected chi connectivity index (χ4v) is 5.13. The van der Waals surface area contributed by atoms with Crippen LogP contribution in [0.1, 0.15) is 27.5 Å². The van der Waals surface area contributed by atoms with Gasteiger partial charge < -0.3 is 16.0 Å². The molecule has 182 valence electrons. The summed E-state index contributed by atoms with van der Waals surface area (Å²) in [5.41, 5.74) is 6.87. The van der Waals surface area contributed by atoms with Crippen molar-refractivity contribution in [2.75, 3.05) is 16.0 Å². The van der Waals surface area contributed by atoms with Gasteiger partial charge in [0, 0.05) is 22.0 Å². The van der Waals surface area contributed by atoms with E-state index in [1.807, 2.05) is 111 Å². The first-order valence-electron chi connectivity index (χ1n) is 11.7. The van der Waals surface area contributed by atoms with Gasteiger partial charge in [-0.3, -0.25) is 4.79 Å². The van der Waals surface area contributed by atoms with E-state index in [1.165, 1.54) is 17.3 Å². The fourth-order valence-electron chi connectivity index (χ4n) is 3.81. The Labute approximate surface area is 222 Å². The normalized spacial score (nSPS) is 11.4. The monoisotopic (exact) mass is 511 g/mol. The number of rotatable bonds is 7. The van der Waals surface area contributed by atoms with Crippen LogP contribution in [-0.4, -0.2) is 11.0 Å². The number of hydrogen-bond donors (Lipinski definition) is 3. The number of hydrogen-bond acceptors (Lipinski definition) is 3. The molecule has 4 aromatic carbocycles. The van der Waals surface area contributed by atoms with Crippen molar-refractivity contribution in [2.45, 2.75) is 30.9 Å². The van der Waals surface area contributed by atoms with Crippen LogP contribution in [0.5, 0.6) is 0 Å². The molecule has 4 nitrogen and oxygen atoms in total. The molecule has 0 saturated heterocycles. The zero-order valence-electron chi connectivity index (χ0n) is 20.5. The molecule has 0 saturated carbocycles. The molecule has 1 atom stereocenters. The van der Waals surface area contributed by atoms with Gasteiger partial charge in [-0.15, -0.1) is 11.8 Å². The minimum Gasteiger partial charge on any atom is -0.332 e. The van der Waals surface area contributed by atoms with Gasteiger partial charge in [0.05, 0.1) is 0 Å². The Hall–Kier alpha value is -3.61. The Bertz CT molecular complexity index is 1330. The van der Waals surface area contributed by atoms with Crippen molar-refractivity contribution in [1.82, 2.24) is 0 Å². The SMILES string of the molecule is Cc1ccc(NC(=S)Nc2cccc(SC(C(=O)Nc3c(C)cccc3C)c3ccccc3)c2)cc1. The lowest BCUT2D eigenvalue weighted by Gasteiger charge is -2.19. The van der Waals surface area contributed by atoms with E-state index in [-0.39, 0.29) is 5.91 Å². The molecule has 0 aliphatic carbocycles. The lowest BCUT2D eigenvalue weighted by atomic mass is 10.1. The van der Waals surface area contributed by atoms with Gasteiger partial charge in [0.2, 0.25) is 5.91 Å². The van der Waals surface area contributed by atoms with E-state index >= 15 is 0 Å². The molecule has 0 aromatic heterocycles. The molecule has 0 fully saturated rings. The second-order valence-corrected chi connectivity index (χ2v) is 10.2. The molecule has 1 amide bonds. The molecule has 1 unspecified atom stereocenters. The highest BCUT2D eigenvalue weighted by atomic mass is 32.2. The van der Waals surface area contributed by atoms with Crippen LogP contribution in [0.25, 0.3) is 0 Å². The van der Waals surface area contributed by atoms with Crippen molar-refractivity contribution < 1.29 is 4.79 Å². The third kappa shape index (κ3) is 6.74. The molecule has 4 rings (SSSR count). The number of anilines is 3. The highest BCUT2D eigenvalue weighted by Gasteiger charge is 2.23. The third-order valence-electron chi connectivity index (χ3n) is 5.73. The molecule has 0 spiro atoms. The second-order valence-electron chi connectivity index (χ2n) is 8.64. The van der Waals surface area contributed by atoms with Crippen LogP contribution in [0.4, 0.5) is 17.1 Å². The molecule has 0 aliphatic rings. The number of benzene rings is 4. The van der Waals surface area contributed by atoms with Crippen LogP contribution in [0.2, 0.25) is 0 Å². The van der Waals surface area contributed by atoms with Crippen LogP contribution < -0.4 is 16.0 Å². The molecule has 0 radical (unpaired) electrons. The minimum atomic E-state index is -0.418. The minimum absolute atomic E-state index is 0.0569. The Balaban J connectivity index is 1.51. The molecule has 4 aromatic rings. The summed E-state index contributed by atoms with van der Waals surface area (Å²) >= 11 is 7.02. The summed E-state index contributed by atoms with van der Waals surface area (Å²) in [5, 5.41) is 9.72. The van der Waals surface area contributed by atoms with Crippen molar-refractivity contribution in [2.24, 2.45) is 0 Å². The summed E-state index contributed by atoms with van der Waals surface area (Å²) in [4.78, 5) is 14.5. The van der Waals surface area contributed by atoms with Crippen LogP contribution in [0.15, 0.2) is 102 Å². The van der Waals surface area contributed by atoms with Gasteiger partial charge in [0.15, 0.2) is 5.11 Å². The largest absolute Gasteiger partial charge is 0.332 e. The maximum absolute atomic E-state index is 13.5. The zero-order chi connectivity index (χ0) is 25.5. The predicted molar refractivity (Wildman–Crippen MR) is 157 cm³/mol. The summed E-state index contributed by atoms with van der Waals surface area (Å²) in [6.07, 6.45) is 0. The van der Waals surface area contributed by atoms with Crippen LogP contribution in [0.3, 0.4) is 0 Å². The number of thioether (sulfide) groups is 1. The molecule has 3 N–H and O–H groups in total. The van der Waals surface area contributed by atoms with E-state index in [0.717, 1.165) is 38.6 Å². The summed E-state index contributed by atoms with van der Waals surface area (Å²) in [7, 11) is 0. The molecule has 0 aliphatic heterocycles. The van der Waals surface area contributed by atoms with Gasteiger partial charge in [-0.2, -0.15) is 0 Å². The van der Waals surface area contributed by atoms with Gasteiger partial charge in [-0.1, -0.05) is 72.3 Å². The van der Waals surface area contributed by atoms with Crippen LogP contribution >= 0.6 is 24.0 Å². The summed E-state index contributed by atoms with van der Waals surface area (Å²) < 4.78 is 0. The highest BCUT2D eigenvalue weighted by Crippen LogP contribution is 2.37. The molecular weight excluding hydrogens is 482 g/mol. The summed E-state index contributed by atoms with van der Waals surface area (Å²) in [5.74, 6) is -0.0569. The smallest absolute Gasteiger partial charge is 0.242 e. The molecule has 0 heterocycles. The van der Waals surface area contributed by atoms with Crippen molar-refractivity contribution in [3.05, 3.63) is 119 Å². The van der Waals surface area contributed by atoms with Crippen molar-refractivity contribution in [1.29, 1.82) is 0 Å². The molecule has 36 heavy (non-hydrogen) atoms. The van der Waals surface area contributed by atoms with Gasteiger partial charge in [0.25, 0.3) is 0 Å². The van der Waals surface area contributed by atoms with Crippen molar-refractivity contribution in [3.63, 3.8) is 0 Å². The number of carbonyl (C=O) groups excluding carboxylic acids is 1. The van der Waals surface area contributed by atoms with Crippen molar-refractivity contribution in [3.8, 4) is 0 Å². The Morgan fingerprint density at radius 2 is 1.36 bits per heavy atom. The fraction of sp³-hybridized carbons (Fsp3) is 0.133. The predicted octanol–water partition coefficient (Wildman–Crippen LogP) is 7.89. The Morgan fingerprint density at radius 1 is 0.722 bits per heavy atom. The number of thiocarbonyl (C=S) groups is 1. The van der Waals surface area contributed by atoms with Gasteiger partial charge in [-0.05, 0) is 80.0 Å². The average molecular weight is 512 g/mol. The molecule has 6 heteroatoms. The standard InChI is InChI=1S/C30H29N3OS2/c1-20-15-17-24(18-16-20)31-30(35)32-25-13-8-14-26(19-25)36-28(23-11-5-4-6-12-23)29(34)33-27-21(2)9-7-10-22(27)3/h4-19,28H,1-3H3,(H,33,34)(H2,31,32,35). The number of aryl methyl sites for hydroxylation is 3. The number of nitrogens with one attached hydrogen (secondary N) is 3. The first-order valence-corrected chi connectivity index (χ1v) is 13.0. The van der Waals surface area contributed by atoms with Crippen LogP contribution in [0, 0.1) is 20.8 Å². The first-order chi connectivity index (χ1) is 17.4. The average Bonchev–Trinajstić information content (AvgIpc) is 2.87. The Morgan fingerprint density at radius 3 is 2.06 bits per heavy atom. The van der Waals surface area contributed by atoms with E-state index < -0.39 is 5.25 Å². The van der Waals surface area contributed by atoms with Crippen LogP contribution in [-0.2, 0) is 4.79 Å². The van der Waals surface area contributed by atoms with E-state index in [1.54, 1.807) is 0 Å². The zero-order valence-corrected chi connectivity index (χ0v) is 22.2. The summed E-state index contributed by atoms with van der Waals surface area (Å²) in [6, 6.07) is 31.9. The van der Waals surface area contributed by atoms with E-state index in [9.17, 15) is 4.79 Å². The third-order valence-corrected chi connectivity index (χ3v) is 7.18. The maximum Gasteiger partial charge on any atom is 0.242 e. The first kappa shape index (κ1) is 25.5. The second kappa shape index (κ2) is 11.9. The number of amides is 1. The van der Waals surface area contributed by atoms with Gasteiger partial charge in [0.1, 0.15) is 5.25 Å². The summed E-state index contributed by atoms with van der Waals surface area (Å²) in [6.45, 7) is 6.07. The van der Waals surface area contributed by atoms with Gasteiger partial charge >= 0.3 is 0 Å². The number of carbonyl (C=O) groups is 1. The number of para-hydroxylation sites is 1. The van der Waals surface area contributed by atoms with Gasteiger partial charge in [-0.25, -0.2) is 0 Å². The molecule has 0 bridgehead atoms. The Kier molecular flexibility index (Phi) is 8.41. The maximum atomic E-state index is 13.5. The highest BCUT2D eigenvalue weighted by molar-refractivity contribution is 8.00. The topological polar surface area (TPSA) is 53.2 Å². The lowest BCUT2D eigenvalue weighted by molar-refractivity contribution is -0.115. The van der Waals surface area contributed by atoms with E-state index in [0.29, 0.717) is 5.11 Å². The quantitative estimate of drug-likeness (QED) is 0.174.